The Hall–Kier alpha value is -12.8. The van der Waals surface area contributed by atoms with Gasteiger partial charge >= 0.3 is 23.9 Å². The lowest BCUT2D eigenvalue weighted by Crippen LogP contribution is -2.63. The number of carboxylic acids is 4. The van der Waals surface area contributed by atoms with Gasteiger partial charge < -0.3 is 122 Å². The molecule has 3 aromatic rings. The Balaban J connectivity index is 1.62. The minimum absolute atomic E-state index is 0.0276. The van der Waals surface area contributed by atoms with E-state index in [4.69, 9.17) is 17.2 Å². The molecule has 716 valence electrons. The second kappa shape index (κ2) is 53.3. The number of aliphatic carboxylic acids is 4. The van der Waals surface area contributed by atoms with Crippen molar-refractivity contribution in [2.45, 2.75) is 243 Å². The summed E-state index contributed by atoms with van der Waals surface area (Å²) in [6, 6.07) is -5.75. The number of hydrogen-bond acceptors (Lipinski definition) is 25. The summed E-state index contributed by atoms with van der Waals surface area (Å²) in [6.07, 6.45) is -5.40. The largest absolute Gasteiger partial charge is 0.481 e. The Kier molecular flexibility index (Phi) is 44.9. The van der Waals surface area contributed by atoms with Crippen LogP contribution in [0, 0.1) is 11.3 Å². The quantitative estimate of drug-likeness (QED) is 0.0186. The maximum atomic E-state index is 14.8. The van der Waals surface area contributed by atoms with Crippen LogP contribution in [0.3, 0.4) is 0 Å². The van der Waals surface area contributed by atoms with Gasteiger partial charge in [-0.2, -0.15) is 12.6 Å². The minimum Gasteiger partial charge on any atom is -0.481 e. The highest BCUT2D eigenvalue weighted by atomic mass is 32.1. The molecule has 0 spiro atoms. The molecule has 1 saturated carbocycles. The fourth-order valence-electron chi connectivity index (χ4n) is 13.6. The van der Waals surface area contributed by atoms with E-state index in [0.717, 1.165) is 18.9 Å². The maximum absolute atomic E-state index is 14.8. The molecule has 16 amide bonds. The van der Waals surface area contributed by atoms with Crippen molar-refractivity contribution in [1.82, 2.24) is 84.2 Å². The maximum Gasteiger partial charge on any atom is 0.305 e. The summed E-state index contributed by atoms with van der Waals surface area (Å²) in [4.78, 5) is 276. The van der Waals surface area contributed by atoms with Crippen molar-refractivity contribution >= 4 is 142 Å². The van der Waals surface area contributed by atoms with Gasteiger partial charge in [0.2, 0.25) is 94.5 Å². The lowest BCUT2D eigenvalue weighted by atomic mass is 9.77. The summed E-state index contributed by atoms with van der Waals surface area (Å²) < 4.78 is 0. The number of nitrogens with one attached hydrogen (secondary N) is 14. The second-order valence-corrected chi connectivity index (χ2v) is 33.6. The molecular formula is C85H125N19O25S. The summed E-state index contributed by atoms with van der Waals surface area (Å²) in [6.45, 7) is 14.7. The van der Waals surface area contributed by atoms with Gasteiger partial charge in [-0.25, -0.2) is 0 Å². The van der Waals surface area contributed by atoms with Crippen LogP contribution in [0.15, 0.2) is 84.4 Å². The number of amides is 16. The van der Waals surface area contributed by atoms with E-state index in [1.54, 1.807) is 112 Å². The third-order valence-corrected chi connectivity index (χ3v) is 21.4. The standard InChI is InChI=1S/C85H125N19O25S/c1-12-20-43(3)39-104(11)41-61(100-71(116)44(4)86)82(127)90-45(5)72(117)93-57(36-64(87)106)79(124)91-52(28-31-65(107)108)74(119)95-55(34-49-25-19-24-48-23-17-18-26-51(48)49)76(121)89-46(6)73(118)101-62(42-130)83(128)92-53(29-32-66(109)110)75(120)97-58(37-67(111)112)80(125)94-54(33-47-21-15-14-16-22-47)77(122)96-56(35-50-27-30-63(50)105)78(123)98-59(38-68(113)114)81(126)102-69(85(7,8)9)84(129)99-60(70(88)115)40-103(10)13-2/h14-26,44-46,50,52-63,69,105,130H,12-13,27-42,86H2,1-11H3,(H2,87,106)(H2,88,115)(H,89,121)(H,90,127)(H,91,124)(H,92,128)(H,93,117)(H,94,125)(H,95,119)(H,96,122)(H,97,120)(H,98,123)(H,99,129)(H,100,116)(H,101,118)(H,102,126)(H,107,108)(H,109,110)(H,111,112)(H,113,114)/b43-20+/t44-,45+,46+,50?,52-,53-,54?,55-,56-,57-,58-,59-,60-,61-,62+,63-,69+/m0/s1. The molecule has 4 rings (SSSR count). The number of fused-ring (bicyclic) bond motifs is 1. The fraction of sp³-hybridized carbons (Fsp3) is 0.553. The van der Waals surface area contributed by atoms with Gasteiger partial charge in [-0.05, 0) is 120 Å². The van der Waals surface area contributed by atoms with E-state index in [-0.39, 0.29) is 32.4 Å². The number of carbonyl (C=O) groups excluding carboxylic acids is 16. The number of carboxylic acid groups (broad SMARTS) is 4. The smallest absolute Gasteiger partial charge is 0.305 e. The molecule has 17 atom stereocenters. The van der Waals surface area contributed by atoms with Crippen LogP contribution in [0.25, 0.3) is 10.8 Å². The second-order valence-electron chi connectivity index (χ2n) is 33.2. The van der Waals surface area contributed by atoms with E-state index in [9.17, 15) is 121 Å². The highest BCUT2D eigenvalue weighted by Crippen LogP contribution is 2.32. The van der Waals surface area contributed by atoms with E-state index in [0.29, 0.717) is 41.4 Å². The summed E-state index contributed by atoms with van der Waals surface area (Å²) in [7, 11) is 3.34. The van der Waals surface area contributed by atoms with Crippen molar-refractivity contribution in [2.24, 2.45) is 28.5 Å². The Morgan fingerprint density at radius 2 is 0.862 bits per heavy atom. The number of nitrogens with two attached hydrogens (primary N) is 3. The van der Waals surface area contributed by atoms with Crippen LogP contribution in [0.2, 0.25) is 0 Å². The van der Waals surface area contributed by atoms with Crippen LogP contribution in [0.4, 0.5) is 0 Å². The molecule has 1 aliphatic rings. The van der Waals surface area contributed by atoms with E-state index in [1.165, 1.54) is 26.0 Å². The Morgan fingerprint density at radius 3 is 1.33 bits per heavy atom. The van der Waals surface area contributed by atoms with Gasteiger partial charge in [0.05, 0.1) is 31.4 Å². The molecule has 1 aliphatic carbocycles. The van der Waals surface area contributed by atoms with Crippen LogP contribution in [0.5, 0.6) is 0 Å². The SMILES string of the molecule is CC/C=C(\C)CN(C)C[C@H](NC(=O)[C@H](C)N)C(=O)N[C@H](C)C(=O)N[C@@H](CC(N)=O)C(=O)N[C@@H](CCC(=O)O)C(=O)N[C@@H](Cc1cccc2ccccc12)C(=O)N[C@H](C)C(=O)N[C@H](CS)C(=O)N[C@@H](CCC(=O)O)C(=O)N[C@@H](CC(=O)O)C(=O)NC(Cc1ccccc1)C(=O)N[C@@H](CC1CC[C@@H]1O)C(=O)N[C@@H](CC(=O)O)C(=O)N[C@H](C(=O)N[C@@H](CN(C)CC)C(N)=O)C(C)(C)C. The Bertz CT molecular complexity index is 4570. The van der Waals surface area contributed by atoms with Crippen LogP contribution in [-0.2, 0) is 109 Å². The predicted molar refractivity (Wildman–Crippen MR) is 472 cm³/mol. The molecule has 0 radical (unpaired) electrons. The number of aliphatic hydroxyl groups is 1. The number of allylic oxidation sites excluding steroid dienone is 1. The first-order valence-corrected chi connectivity index (χ1v) is 42.9. The van der Waals surface area contributed by atoms with E-state index < -0.39 is 284 Å². The summed E-state index contributed by atoms with van der Waals surface area (Å²) in [5.41, 5.74) is 17.5. The molecule has 44 nitrogen and oxygen atoms in total. The fourth-order valence-corrected chi connectivity index (χ4v) is 13.8. The molecular weight excluding hydrogens is 1720 g/mol. The highest BCUT2D eigenvalue weighted by Gasteiger charge is 2.43. The lowest BCUT2D eigenvalue weighted by molar-refractivity contribution is -0.143. The average molecular weight is 1850 g/mol. The zero-order valence-corrected chi connectivity index (χ0v) is 75.4. The normalized spacial score (nSPS) is 16.6. The average Bonchev–Trinajstić information content (AvgIpc) is 0.807. The van der Waals surface area contributed by atoms with Crippen LogP contribution < -0.4 is 91.6 Å². The highest BCUT2D eigenvalue weighted by molar-refractivity contribution is 7.80. The van der Waals surface area contributed by atoms with Crippen molar-refractivity contribution in [1.29, 1.82) is 0 Å². The molecule has 0 bridgehead atoms. The van der Waals surface area contributed by atoms with Crippen molar-refractivity contribution in [2.75, 3.05) is 46.0 Å². The van der Waals surface area contributed by atoms with Crippen molar-refractivity contribution < 1.29 is 121 Å². The topological polar surface area (TPSA) is 696 Å². The minimum atomic E-state index is -2.19. The molecule has 25 N–H and O–H groups in total. The number of thiol groups is 1. The first kappa shape index (κ1) is 110. The molecule has 45 heteroatoms. The van der Waals surface area contributed by atoms with Gasteiger partial charge in [0.1, 0.15) is 84.6 Å². The lowest BCUT2D eigenvalue weighted by Gasteiger charge is -2.36. The molecule has 0 aliphatic heterocycles. The van der Waals surface area contributed by atoms with E-state index in [2.05, 4.69) is 87.1 Å². The van der Waals surface area contributed by atoms with Gasteiger partial charge in [-0.1, -0.05) is 119 Å². The number of carbonyl (C=O) groups is 20. The van der Waals surface area contributed by atoms with Gasteiger partial charge in [0, 0.05) is 51.1 Å². The number of nitrogens with zero attached hydrogens (tertiary/aromatic N) is 2. The third kappa shape index (κ3) is 37.5. The van der Waals surface area contributed by atoms with E-state index in [1.807, 2.05) is 19.9 Å². The molecule has 1 fully saturated rings. The van der Waals surface area contributed by atoms with Crippen molar-refractivity contribution in [3.05, 3.63) is 95.6 Å². The Morgan fingerprint density at radius 1 is 0.454 bits per heavy atom. The zero-order valence-electron chi connectivity index (χ0n) is 74.5. The molecule has 3 aromatic carbocycles. The molecule has 2 unspecified atom stereocenters. The summed E-state index contributed by atoms with van der Waals surface area (Å²) >= 11 is 4.21. The summed E-state index contributed by atoms with van der Waals surface area (Å²) in [5, 5.41) is 85.4. The number of primary amides is 2. The number of aliphatic hydroxyl groups excluding tert-OH is 1. The Labute approximate surface area is 756 Å². The van der Waals surface area contributed by atoms with Crippen molar-refractivity contribution in [3.63, 3.8) is 0 Å². The zero-order chi connectivity index (χ0) is 97.7. The summed E-state index contributed by atoms with van der Waals surface area (Å²) in [5.74, 6) is -25.6. The molecule has 0 aromatic heterocycles. The van der Waals surface area contributed by atoms with Crippen LogP contribution in [0.1, 0.15) is 144 Å². The van der Waals surface area contributed by atoms with Crippen molar-refractivity contribution in [3.8, 4) is 0 Å². The number of rotatable bonds is 56. The first-order chi connectivity index (χ1) is 60.9. The molecule has 0 saturated heterocycles. The van der Waals surface area contributed by atoms with Gasteiger partial charge in [0.15, 0.2) is 0 Å². The molecule has 0 heterocycles. The van der Waals surface area contributed by atoms with Crippen LogP contribution >= 0.6 is 12.6 Å². The van der Waals surface area contributed by atoms with Gasteiger partial charge in [-0.3, -0.25) is 101 Å². The number of hydrogen-bond donors (Lipinski definition) is 23. The van der Waals surface area contributed by atoms with Gasteiger partial charge in [0.25, 0.3) is 0 Å². The van der Waals surface area contributed by atoms with E-state index >= 15 is 0 Å². The number of likely N-dealkylation sites (N-methyl/N-ethyl adjacent to an activating group) is 2. The van der Waals surface area contributed by atoms with Crippen LogP contribution in [-0.4, -0.2) is 296 Å². The first-order valence-electron chi connectivity index (χ1n) is 42.2. The monoisotopic (exact) mass is 1840 g/mol. The number of benzene rings is 3. The predicted octanol–water partition coefficient (Wildman–Crippen LogP) is -4.78. The molecule has 130 heavy (non-hydrogen) atoms. The van der Waals surface area contributed by atoms with Gasteiger partial charge in [-0.15, -0.1) is 0 Å². The third-order valence-electron chi connectivity index (χ3n) is 21.1.